The molecule has 9 heteroatoms. The maximum atomic E-state index is 14.9. The van der Waals surface area contributed by atoms with Gasteiger partial charge in [0.05, 0.1) is 19.7 Å². The molecule has 37 heavy (non-hydrogen) atoms. The molecule has 0 aliphatic carbocycles. The number of pyridine rings is 1. The number of ketones is 1. The number of ether oxygens (including phenoxy) is 3. The van der Waals surface area contributed by atoms with Gasteiger partial charge in [-0.25, -0.2) is 13.2 Å². The summed E-state index contributed by atoms with van der Waals surface area (Å²) in [6, 6.07) is 12.8. The van der Waals surface area contributed by atoms with E-state index in [1.54, 1.807) is 30.5 Å². The number of hydrogen-bond acceptors (Lipinski definition) is 6. The van der Waals surface area contributed by atoms with E-state index in [0.29, 0.717) is 38.6 Å². The minimum Gasteiger partial charge on any atom is -0.493 e. The predicted molar refractivity (Wildman–Crippen MR) is 137 cm³/mol. The van der Waals surface area contributed by atoms with Crippen molar-refractivity contribution in [2.45, 2.75) is 19.3 Å². The first-order valence-corrected chi connectivity index (χ1v) is 11.6. The molecule has 0 atom stereocenters. The van der Waals surface area contributed by atoms with Crippen LogP contribution in [0.15, 0.2) is 60.8 Å². The van der Waals surface area contributed by atoms with Gasteiger partial charge in [-0.05, 0) is 42.0 Å². The zero-order valence-electron chi connectivity index (χ0n) is 20.0. The van der Waals surface area contributed by atoms with Crippen LogP contribution < -0.4 is 14.2 Å². The van der Waals surface area contributed by atoms with Crippen LogP contribution in [0.25, 0.3) is 10.9 Å². The molecule has 0 radical (unpaired) electrons. The molecule has 1 aromatic heterocycles. The molecule has 1 heterocycles. The summed E-state index contributed by atoms with van der Waals surface area (Å²) in [5, 5.41) is 0.606. The van der Waals surface area contributed by atoms with E-state index in [9.17, 15) is 18.0 Å². The maximum absolute atomic E-state index is 14.9. The highest BCUT2D eigenvalue weighted by Crippen LogP contribution is 2.37. The fourth-order valence-electron chi connectivity index (χ4n) is 3.86. The van der Waals surface area contributed by atoms with Crippen molar-refractivity contribution in [1.82, 2.24) is 4.98 Å². The van der Waals surface area contributed by atoms with Gasteiger partial charge in [0.25, 0.3) is 0 Å². The van der Waals surface area contributed by atoms with Crippen LogP contribution in [0, 0.1) is 17.5 Å². The average molecular weight is 526 g/mol. The molecule has 3 aromatic carbocycles. The number of fused-ring (bicyclic) bond motifs is 1. The Morgan fingerprint density at radius 1 is 0.838 bits per heavy atom. The molecule has 4 aromatic rings. The molecule has 0 saturated heterocycles. The number of benzene rings is 3. The van der Waals surface area contributed by atoms with Gasteiger partial charge >= 0.3 is 0 Å². The molecule has 0 amide bonds. The van der Waals surface area contributed by atoms with Gasteiger partial charge in [-0.1, -0.05) is 24.4 Å². The summed E-state index contributed by atoms with van der Waals surface area (Å²) in [6.45, 7) is 0. The number of nitrogens with zero attached hydrogens (tertiary/aromatic N) is 1. The zero-order chi connectivity index (χ0) is 26.5. The van der Waals surface area contributed by atoms with Crippen LogP contribution in [0.2, 0.25) is 0 Å². The highest BCUT2D eigenvalue weighted by molar-refractivity contribution is 7.80. The Morgan fingerprint density at radius 2 is 1.54 bits per heavy atom. The maximum Gasteiger partial charge on any atom is 0.166 e. The highest BCUT2D eigenvalue weighted by Gasteiger charge is 2.16. The molecule has 0 N–H and O–H groups in total. The van der Waals surface area contributed by atoms with Crippen LogP contribution in [0.5, 0.6) is 23.0 Å². The SMILES string of the molecule is COc1cc2nccc(Oc3ccc(CC(=S)CC(=O)Cc4c(F)cccc4F)cc3F)c2cc1OC. The van der Waals surface area contributed by atoms with Crippen molar-refractivity contribution >= 4 is 33.8 Å². The van der Waals surface area contributed by atoms with E-state index in [4.69, 9.17) is 26.4 Å². The fourth-order valence-corrected chi connectivity index (χ4v) is 4.19. The van der Waals surface area contributed by atoms with E-state index in [1.807, 2.05) is 0 Å². The smallest absolute Gasteiger partial charge is 0.166 e. The number of thiocarbonyl (C=S) groups is 1. The normalized spacial score (nSPS) is 10.8. The van der Waals surface area contributed by atoms with E-state index in [0.717, 1.165) is 12.1 Å². The molecule has 0 spiro atoms. The summed E-state index contributed by atoms with van der Waals surface area (Å²) in [7, 11) is 3.03. The Bertz CT molecular complexity index is 1470. The molecule has 0 aliphatic rings. The minimum atomic E-state index is -0.781. The lowest BCUT2D eigenvalue weighted by Gasteiger charge is -2.13. The van der Waals surface area contributed by atoms with E-state index in [-0.39, 0.29) is 24.2 Å². The number of aromatic nitrogens is 1. The Balaban J connectivity index is 1.45. The number of Topliss-reactive ketones (excluding diaryl/α,β-unsaturated/α-hetero) is 1. The summed E-state index contributed by atoms with van der Waals surface area (Å²) in [5.74, 6) is -1.26. The Hall–Kier alpha value is -3.98. The molecule has 0 unspecified atom stereocenters. The minimum absolute atomic E-state index is 0.0111. The number of carbonyl (C=O) groups excluding carboxylic acids is 1. The monoisotopic (exact) mass is 525 g/mol. The van der Waals surface area contributed by atoms with Crippen molar-refractivity contribution in [3.63, 3.8) is 0 Å². The van der Waals surface area contributed by atoms with Crippen LogP contribution in [0.4, 0.5) is 13.2 Å². The van der Waals surface area contributed by atoms with Gasteiger partial charge in [0, 0.05) is 47.3 Å². The van der Waals surface area contributed by atoms with E-state index < -0.39 is 29.7 Å². The number of methoxy groups -OCH3 is 2. The molecule has 0 fully saturated rings. The molecular formula is C28H22F3NO4S. The number of halogens is 3. The Kier molecular flexibility index (Phi) is 8.03. The third-order valence-corrected chi connectivity index (χ3v) is 5.94. The summed E-state index contributed by atoms with van der Waals surface area (Å²) in [5.41, 5.74) is 0.825. The third kappa shape index (κ3) is 6.06. The van der Waals surface area contributed by atoms with E-state index in [2.05, 4.69) is 4.98 Å². The lowest BCUT2D eigenvalue weighted by molar-refractivity contribution is -0.117. The Labute approximate surface area is 216 Å². The number of hydrogen-bond donors (Lipinski definition) is 0. The van der Waals surface area contributed by atoms with Crippen LogP contribution in [0.3, 0.4) is 0 Å². The predicted octanol–water partition coefficient (Wildman–Crippen LogP) is 6.58. The van der Waals surface area contributed by atoms with Gasteiger partial charge < -0.3 is 14.2 Å². The number of rotatable bonds is 10. The molecule has 0 bridgehead atoms. The van der Waals surface area contributed by atoms with Crippen LogP contribution in [0.1, 0.15) is 17.5 Å². The Morgan fingerprint density at radius 3 is 2.22 bits per heavy atom. The van der Waals surface area contributed by atoms with Gasteiger partial charge in [0.15, 0.2) is 23.1 Å². The first kappa shape index (κ1) is 26.1. The van der Waals surface area contributed by atoms with E-state index in [1.165, 1.54) is 32.4 Å². The molecule has 190 valence electrons. The number of carbonyl (C=O) groups is 1. The molecule has 0 aliphatic heterocycles. The lowest BCUT2D eigenvalue weighted by atomic mass is 10.0. The quantitative estimate of drug-likeness (QED) is 0.218. The second-order valence-corrected chi connectivity index (χ2v) is 8.79. The first-order chi connectivity index (χ1) is 17.8. The van der Waals surface area contributed by atoms with Gasteiger partial charge in [-0.2, -0.15) is 0 Å². The zero-order valence-corrected chi connectivity index (χ0v) is 20.8. The van der Waals surface area contributed by atoms with Gasteiger partial charge in [-0.15, -0.1) is 0 Å². The summed E-state index contributed by atoms with van der Waals surface area (Å²) < 4.78 is 59.0. The summed E-state index contributed by atoms with van der Waals surface area (Å²) in [4.78, 5) is 16.9. The van der Waals surface area contributed by atoms with E-state index >= 15 is 0 Å². The van der Waals surface area contributed by atoms with Crippen molar-refractivity contribution < 1.29 is 32.2 Å². The van der Waals surface area contributed by atoms with Crippen molar-refractivity contribution in [1.29, 1.82) is 0 Å². The van der Waals surface area contributed by atoms with Crippen molar-refractivity contribution in [3.8, 4) is 23.0 Å². The second kappa shape index (κ2) is 11.4. The van der Waals surface area contributed by atoms with Crippen LogP contribution >= 0.6 is 12.2 Å². The van der Waals surface area contributed by atoms with Gasteiger partial charge in [0.1, 0.15) is 23.2 Å². The molecular weight excluding hydrogens is 503 g/mol. The topological polar surface area (TPSA) is 57.7 Å². The molecule has 0 saturated carbocycles. The van der Waals surface area contributed by atoms with Crippen molar-refractivity contribution in [2.24, 2.45) is 0 Å². The lowest BCUT2D eigenvalue weighted by Crippen LogP contribution is -2.12. The largest absolute Gasteiger partial charge is 0.493 e. The first-order valence-electron chi connectivity index (χ1n) is 11.2. The van der Waals surface area contributed by atoms with Crippen molar-refractivity contribution in [2.75, 3.05) is 14.2 Å². The second-order valence-electron chi connectivity index (χ2n) is 8.21. The molecule has 5 nitrogen and oxygen atoms in total. The standard InChI is InChI=1S/C28H22F3NO4S/c1-34-27-14-20-24(15-28(27)35-2)32-9-8-25(20)36-26-7-6-16(11-23(26)31)10-18(37)12-17(33)13-19-21(29)4-3-5-22(19)30/h3-9,11,14-15H,10,12-13H2,1-2H3. The van der Waals surface area contributed by atoms with Crippen LogP contribution in [-0.2, 0) is 17.6 Å². The fraction of sp³-hybridized carbons (Fsp3) is 0.179. The molecule has 4 rings (SSSR count). The summed E-state index contributed by atoms with van der Waals surface area (Å²) >= 11 is 5.28. The third-order valence-electron chi connectivity index (χ3n) is 5.65. The van der Waals surface area contributed by atoms with Crippen LogP contribution in [-0.4, -0.2) is 29.9 Å². The van der Waals surface area contributed by atoms with Gasteiger partial charge in [-0.3, -0.25) is 9.78 Å². The summed E-state index contributed by atoms with van der Waals surface area (Å²) in [6.07, 6.45) is 1.12. The van der Waals surface area contributed by atoms with Crippen molar-refractivity contribution in [3.05, 3.63) is 89.4 Å². The average Bonchev–Trinajstić information content (AvgIpc) is 2.87. The highest BCUT2D eigenvalue weighted by atomic mass is 32.1. The van der Waals surface area contributed by atoms with Gasteiger partial charge in [0.2, 0.25) is 0 Å².